The fraction of sp³-hybridized carbons (Fsp3) is 0.593. The molecule has 4 rings (SSSR count). The third kappa shape index (κ3) is 6.50. The molecular formula is C27H36N4O7. The van der Waals surface area contributed by atoms with E-state index in [0.717, 1.165) is 12.8 Å². The Morgan fingerprint density at radius 2 is 1.84 bits per heavy atom. The molecule has 2 fully saturated rings. The molecule has 1 aromatic carbocycles. The number of benzene rings is 1. The number of carbonyl (C=O) groups is 3. The molecule has 2 aliphatic rings. The molecule has 0 aliphatic carbocycles. The van der Waals surface area contributed by atoms with Gasteiger partial charge in [-0.25, -0.2) is 9.78 Å². The van der Waals surface area contributed by atoms with Crippen LogP contribution in [0.2, 0.25) is 0 Å². The number of piperidine rings is 2. The maximum Gasteiger partial charge on any atom is 0.410 e. The van der Waals surface area contributed by atoms with Crippen molar-refractivity contribution in [3.05, 3.63) is 34.4 Å². The summed E-state index contributed by atoms with van der Waals surface area (Å²) in [5, 5.41) is 2.60. The van der Waals surface area contributed by atoms with Crippen LogP contribution in [0, 0.1) is 6.92 Å². The molecule has 1 atom stereocenters. The van der Waals surface area contributed by atoms with Crippen molar-refractivity contribution in [1.29, 1.82) is 0 Å². The fourth-order valence-corrected chi connectivity index (χ4v) is 4.76. The Bertz CT molecular complexity index is 1260. The molecule has 2 aliphatic heterocycles. The van der Waals surface area contributed by atoms with Crippen LogP contribution in [0.4, 0.5) is 4.79 Å². The van der Waals surface area contributed by atoms with Crippen molar-refractivity contribution < 1.29 is 28.6 Å². The van der Waals surface area contributed by atoms with Crippen molar-refractivity contribution in [3.63, 3.8) is 0 Å². The second kappa shape index (κ2) is 11.5. The highest BCUT2D eigenvalue weighted by Crippen LogP contribution is 2.25. The lowest BCUT2D eigenvalue weighted by molar-refractivity contribution is -0.135. The molecule has 0 bridgehead atoms. The van der Waals surface area contributed by atoms with E-state index in [9.17, 15) is 19.2 Å². The van der Waals surface area contributed by atoms with E-state index < -0.39 is 17.6 Å². The van der Waals surface area contributed by atoms with E-state index in [1.807, 2.05) is 20.8 Å². The number of carbonyl (C=O) groups excluding carboxylic acids is 3. The molecular weight excluding hydrogens is 492 g/mol. The zero-order valence-electron chi connectivity index (χ0n) is 22.5. The Morgan fingerprint density at radius 1 is 1.11 bits per heavy atom. The molecule has 0 saturated carbocycles. The lowest BCUT2D eigenvalue weighted by Crippen LogP contribution is -2.45. The molecule has 1 N–H and O–H groups in total. The predicted molar refractivity (Wildman–Crippen MR) is 139 cm³/mol. The van der Waals surface area contributed by atoms with Crippen LogP contribution in [0.3, 0.4) is 0 Å². The normalized spacial score (nSPS) is 18.9. The van der Waals surface area contributed by atoms with E-state index >= 15 is 0 Å². The van der Waals surface area contributed by atoms with Gasteiger partial charge in [0, 0.05) is 25.9 Å². The minimum atomic E-state index is -0.791. The molecule has 1 aromatic heterocycles. The van der Waals surface area contributed by atoms with Gasteiger partial charge in [-0.2, -0.15) is 0 Å². The number of hydrogen-bond acceptors (Lipinski definition) is 8. The van der Waals surface area contributed by atoms with Gasteiger partial charge in [-0.1, -0.05) is 6.07 Å². The van der Waals surface area contributed by atoms with Crippen LogP contribution < -0.4 is 15.6 Å². The Hall–Kier alpha value is -3.47. The van der Waals surface area contributed by atoms with Gasteiger partial charge in [-0.05, 0) is 59.1 Å². The van der Waals surface area contributed by atoms with E-state index in [4.69, 9.17) is 14.2 Å². The number of imide groups is 1. The number of nitrogens with zero attached hydrogens (tertiary/aromatic N) is 3. The highest BCUT2D eigenvalue weighted by atomic mass is 16.6. The number of ether oxygens (including phenoxy) is 3. The lowest BCUT2D eigenvalue weighted by Gasteiger charge is -2.33. The average molecular weight is 529 g/mol. The van der Waals surface area contributed by atoms with E-state index in [1.165, 1.54) is 4.57 Å². The van der Waals surface area contributed by atoms with Gasteiger partial charge < -0.3 is 19.1 Å². The molecule has 38 heavy (non-hydrogen) atoms. The summed E-state index contributed by atoms with van der Waals surface area (Å²) in [6.45, 7) is 9.25. The number of amides is 3. The van der Waals surface area contributed by atoms with Gasteiger partial charge in [-0.15, -0.1) is 0 Å². The first kappa shape index (κ1) is 27.6. The summed E-state index contributed by atoms with van der Waals surface area (Å²) >= 11 is 0. The number of likely N-dealkylation sites (tertiary alicyclic amines) is 1. The second-order valence-corrected chi connectivity index (χ2v) is 10.7. The largest absolute Gasteiger partial charge is 0.493 e. The van der Waals surface area contributed by atoms with Crippen molar-refractivity contribution in [3.8, 4) is 5.75 Å². The van der Waals surface area contributed by atoms with Crippen LogP contribution in [-0.2, 0) is 19.1 Å². The standard InChI is InChI=1S/C27H36N4O7/c1-17-28-19-7-5-8-21(23(19)25(34)31(17)20-9-10-22(32)29-24(20)33)37-16-6-15-36-18-11-13-30(14-12-18)26(35)38-27(2,3)4/h5,7-8,18,20H,6,9-16H2,1-4H3,(H,29,32,33). The number of hydrogen-bond donors (Lipinski definition) is 1. The summed E-state index contributed by atoms with van der Waals surface area (Å²) in [6.07, 6.45) is 2.29. The number of aryl methyl sites for hydroxylation is 1. The van der Waals surface area contributed by atoms with Crippen molar-refractivity contribution in [1.82, 2.24) is 19.8 Å². The number of nitrogens with one attached hydrogen (secondary N) is 1. The molecule has 3 amide bonds. The first-order chi connectivity index (χ1) is 18.0. The molecule has 1 unspecified atom stereocenters. The molecule has 11 heteroatoms. The van der Waals surface area contributed by atoms with Crippen molar-refractivity contribution in [2.24, 2.45) is 0 Å². The Balaban J connectivity index is 1.32. The number of rotatable bonds is 7. The van der Waals surface area contributed by atoms with E-state index in [-0.39, 0.29) is 36.5 Å². The molecule has 0 radical (unpaired) electrons. The van der Waals surface area contributed by atoms with E-state index in [0.29, 0.717) is 55.2 Å². The van der Waals surface area contributed by atoms with Gasteiger partial charge >= 0.3 is 6.09 Å². The number of fused-ring (bicyclic) bond motifs is 1. The van der Waals surface area contributed by atoms with Crippen LogP contribution in [-0.4, -0.2) is 70.4 Å². The summed E-state index contributed by atoms with van der Waals surface area (Å²) in [4.78, 5) is 55.9. The quantitative estimate of drug-likeness (QED) is 0.429. The SMILES string of the molecule is Cc1nc2cccc(OCCCOC3CCN(C(=O)OC(C)(C)C)CC3)c2c(=O)n1C1CCC(=O)NC1=O. The van der Waals surface area contributed by atoms with Gasteiger partial charge in [0.2, 0.25) is 11.8 Å². The highest BCUT2D eigenvalue weighted by Gasteiger charge is 2.31. The highest BCUT2D eigenvalue weighted by molar-refractivity contribution is 5.99. The summed E-state index contributed by atoms with van der Waals surface area (Å²) < 4.78 is 18.7. The summed E-state index contributed by atoms with van der Waals surface area (Å²) in [5.41, 5.74) is -0.395. The van der Waals surface area contributed by atoms with Gasteiger partial charge in [0.05, 0.1) is 24.8 Å². The third-order valence-electron chi connectivity index (χ3n) is 6.58. The summed E-state index contributed by atoms with van der Waals surface area (Å²) in [5.74, 6) is -0.0439. The maximum absolute atomic E-state index is 13.5. The molecule has 0 spiro atoms. The van der Waals surface area contributed by atoms with Crippen LogP contribution in [0.1, 0.15) is 64.7 Å². The second-order valence-electron chi connectivity index (χ2n) is 10.7. The van der Waals surface area contributed by atoms with E-state index in [1.54, 1.807) is 30.0 Å². The van der Waals surface area contributed by atoms with Gasteiger partial charge in [0.15, 0.2) is 0 Å². The molecule has 2 saturated heterocycles. The minimum Gasteiger partial charge on any atom is -0.493 e. The zero-order chi connectivity index (χ0) is 27.4. The molecule has 11 nitrogen and oxygen atoms in total. The third-order valence-corrected chi connectivity index (χ3v) is 6.58. The fourth-order valence-electron chi connectivity index (χ4n) is 4.76. The lowest BCUT2D eigenvalue weighted by atomic mass is 10.1. The van der Waals surface area contributed by atoms with Crippen LogP contribution in [0.5, 0.6) is 5.75 Å². The summed E-state index contributed by atoms with van der Waals surface area (Å²) in [6, 6.07) is 4.43. The van der Waals surface area contributed by atoms with Crippen LogP contribution in [0.15, 0.2) is 23.0 Å². The Morgan fingerprint density at radius 3 is 2.53 bits per heavy atom. The van der Waals surface area contributed by atoms with Crippen LogP contribution in [0.25, 0.3) is 10.9 Å². The summed E-state index contributed by atoms with van der Waals surface area (Å²) in [7, 11) is 0. The van der Waals surface area contributed by atoms with Crippen LogP contribution >= 0.6 is 0 Å². The topological polar surface area (TPSA) is 129 Å². The van der Waals surface area contributed by atoms with Crippen molar-refractivity contribution in [2.75, 3.05) is 26.3 Å². The van der Waals surface area contributed by atoms with Gasteiger partial charge in [0.1, 0.15) is 28.6 Å². The molecule has 3 heterocycles. The van der Waals surface area contributed by atoms with E-state index in [2.05, 4.69) is 10.3 Å². The van der Waals surface area contributed by atoms with Crippen molar-refractivity contribution >= 4 is 28.8 Å². The molecule has 2 aromatic rings. The van der Waals surface area contributed by atoms with Crippen molar-refractivity contribution in [2.45, 2.75) is 77.5 Å². The zero-order valence-corrected chi connectivity index (χ0v) is 22.5. The predicted octanol–water partition coefficient (Wildman–Crippen LogP) is 2.87. The maximum atomic E-state index is 13.5. The minimum absolute atomic E-state index is 0.0686. The Kier molecular flexibility index (Phi) is 8.35. The molecule has 206 valence electrons. The smallest absolute Gasteiger partial charge is 0.410 e. The first-order valence-corrected chi connectivity index (χ1v) is 13.1. The monoisotopic (exact) mass is 528 g/mol. The average Bonchev–Trinajstić information content (AvgIpc) is 2.84. The number of aromatic nitrogens is 2. The Labute approximate surface area is 221 Å². The van der Waals surface area contributed by atoms with Gasteiger partial charge in [-0.3, -0.25) is 24.3 Å². The van der Waals surface area contributed by atoms with Gasteiger partial charge in [0.25, 0.3) is 5.56 Å². The first-order valence-electron chi connectivity index (χ1n) is 13.1.